The van der Waals surface area contributed by atoms with Crippen molar-refractivity contribution in [3.8, 4) is 0 Å². The number of carbonyl (C=O) groups excluding carboxylic acids is 1. The Morgan fingerprint density at radius 3 is 2.53 bits per heavy atom. The van der Waals surface area contributed by atoms with Crippen molar-refractivity contribution in [3.63, 3.8) is 0 Å². The summed E-state index contributed by atoms with van der Waals surface area (Å²) in [5.41, 5.74) is 0.718. The van der Waals surface area contributed by atoms with Gasteiger partial charge in [0.2, 0.25) is 5.78 Å². The van der Waals surface area contributed by atoms with Crippen LogP contribution >= 0.6 is 0 Å². The van der Waals surface area contributed by atoms with Gasteiger partial charge in [-0.2, -0.15) is 0 Å². The van der Waals surface area contributed by atoms with E-state index >= 15 is 0 Å². The van der Waals surface area contributed by atoms with Gasteiger partial charge < -0.3 is 13.9 Å². The number of ketones is 1. The number of hydrogen-bond acceptors (Lipinski definition) is 4. The zero-order valence-corrected chi connectivity index (χ0v) is 11.2. The third kappa shape index (κ3) is 3.43. The van der Waals surface area contributed by atoms with Crippen LogP contribution in [0.4, 0.5) is 0 Å². The zero-order valence-electron chi connectivity index (χ0n) is 11.2. The van der Waals surface area contributed by atoms with Crippen molar-refractivity contribution >= 4 is 16.8 Å². The molecule has 2 aromatic rings. The first kappa shape index (κ1) is 13.8. The van der Waals surface area contributed by atoms with E-state index in [-0.39, 0.29) is 12.2 Å². The number of fused-ring (bicyclic) bond motifs is 1. The monoisotopic (exact) mass is 262 g/mol. The molecule has 1 aromatic carbocycles. The quantitative estimate of drug-likeness (QED) is 0.566. The van der Waals surface area contributed by atoms with Crippen LogP contribution in [0.15, 0.2) is 34.7 Å². The highest BCUT2D eigenvalue weighted by atomic mass is 16.7. The maximum Gasteiger partial charge on any atom is 0.203 e. The highest BCUT2D eigenvalue weighted by Crippen LogP contribution is 2.20. The molecule has 102 valence electrons. The second-order valence-corrected chi connectivity index (χ2v) is 4.12. The summed E-state index contributed by atoms with van der Waals surface area (Å²) in [4.78, 5) is 12.1. The van der Waals surface area contributed by atoms with E-state index < -0.39 is 6.29 Å². The summed E-state index contributed by atoms with van der Waals surface area (Å²) in [6.07, 6.45) is -0.336. The van der Waals surface area contributed by atoms with Crippen LogP contribution in [0, 0.1) is 0 Å². The molecule has 1 heterocycles. The van der Waals surface area contributed by atoms with Crippen LogP contribution in [0.2, 0.25) is 0 Å². The fourth-order valence-electron chi connectivity index (χ4n) is 1.91. The van der Waals surface area contributed by atoms with Crippen LogP contribution in [-0.4, -0.2) is 25.3 Å². The Balaban J connectivity index is 2.09. The second kappa shape index (κ2) is 6.50. The van der Waals surface area contributed by atoms with Crippen LogP contribution in [0.1, 0.15) is 30.8 Å². The predicted molar refractivity (Wildman–Crippen MR) is 72.2 cm³/mol. The van der Waals surface area contributed by atoms with Crippen LogP contribution < -0.4 is 0 Å². The molecule has 0 spiro atoms. The average molecular weight is 262 g/mol. The minimum atomic E-state index is -0.504. The van der Waals surface area contributed by atoms with Crippen molar-refractivity contribution in [1.29, 1.82) is 0 Å². The molecule has 0 radical (unpaired) electrons. The van der Waals surface area contributed by atoms with E-state index in [1.54, 1.807) is 6.07 Å². The van der Waals surface area contributed by atoms with Gasteiger partial charge in [0.15, 0.2) is 12.1 Å². The largest absolute Gasteiger partial charge is 0.453 e. The summed E-state index contributed by atoms with van der Waals surface area (Å²) in [6, 6.07) is 9.30. The molecule has 19 heavy (non-hydrogen) atoms. The number of para-hydroxylation sites is 1. The van der Waals surface area contributed by atoms with Gasteiger partial charge in [-0.25, -0.2) is 0 Å². The standard InChI is InChI=1S/C15H18O4/c1-3-17-15(18-4-2)10-12(16)14-9-11-7-5-6-8-13(11)19-14/h5-9,15H,3-4,10H2,1-2H3. The number of furan rings is 1. The Morgan fingerprint density at radius 1 is 1.21 bits per heavy atom. The molecule has 0 aliphatic heterocycles. The van der Waals surface area contributed by atoms with Crippen molar-refractivity contribution in [2.24, 2.45) is 0 Å². The minimum absolute atomic E-state index is 0.108. The van der Waals surface area contributed by atoms with E-state index in [0.29, 0.717) is 19.0 Å². The van der Waals surface area contributed by atoms with E-state index in [2.05, 4.69) is 0 Å². The van der Waals surface area contributed by atoms with Gasteiger partial charge >= 0.3 is 0 Å². The van der Waals surface area contributed by atoms with Gasteiger partial charge in [-0.15, -0.1) is 0 Å². The smallest absolute Gasteiger partial charge is 0.203 e. The molecule has 0 amide bonds. The lowest BCUT2D eigenvalue weighted by molar-refractivity contribution is -0.133. The van der Waals surface area contributed by atoms with E-state index in [4.69, 9.17) is 13.9 Å². The number of carbonyl (C=O) groups is 1. The maximum atomic E-state index is 12.1. The highest BCUT2D eigenvalue weighted by Gasteiger charge is 2.18. The van der Waals surface area contributed by atoms with E-state index in [1.165, 1.54) is 0 Å². The van der Waals surface area contributed by atoms with Gasteiger partial charge in [0, 0.05) is 18.6 Å². The molecule has 2 rings (SSSR count). The molecule has 4 nitrogen and oxygen atoms in total. The molecule has 0 atom stereocenters. The Hall–Kier alpha value is -1.65. The first-order valence-electron chi connectivity index (χ1n) is 6.49. The minimum Gasteiger partial charge on any atom is -0.453 e. The second-order valence-electron chi connectivity index (χ2n) is 4.12. The summed E-state index contributed by atoms with van der Waals surface area (Å²) >= 11 is 0. The van der Waals surface area contributed by atoms with Crippen molar-refractivity contribution in [3.05, 3.63) is 36.1 Å². The third-order valence-electron chi connectivity index (χ3n) is 2.76. The summed E-state index contributed by atoms with van der Waals surface area (Å²) in [7, 11) is 0. The predicted octanol–water partition coefficient (Wildman–Crippen LogP) is 3.40. The molecular weight excluding hydrogens is 244 g/mol. The van der Waals surface area contributed by atoms with Gasteiger partial charge in [-0.3, -0.25) is 4.79 Å². The highest BCUT2D eigenvalue weighted by molar-refractivity contribution is 5.97. The molecule has 0 aliphatic carbocycles. The van der Waals surface area contributed by atoms with Gasteiger partial charge in [-0.1, -0.05) is 18.2 Å². The van der Waals surface area contributed by atoms with Crippen molar-refractivity contribution in [1.82, 2.24) is 0 Å². The van der Waals surface area contributed by atoms with Gasteiger partial charge in [0.05, 0.1) is 6.42 Å². The van der Waals surface area contributed by atoms with Crippen LogP contribution in [0.3, 0.4) is 0 Å². The van der Waals surface area contributed by atoms with Gasteiger partial charge in [0.25, 0.3) is 0 Å². The summed E-state index contributed by atoms with van der Waals surface area (Å²) in [5.74, 6) is 0.244. The van der Waals surface area contributed by atoms with Crippen molar-refractivity contribution in [2.45, 2.75) is 26.6 Å². The van der Waals surface area contributed by atoms with Crippen molar-refractivity contribution < 1.29 is 18.7 Å². The SMILES string of the molecule is CCOC(CC(=O)c1cc2ccccc2o1)OCC. The topological polar surface area (TPSA) is 48.7 Å². The molecule has 0 unspecified atom stereocenters. The van der Waals surface area contributed by atoms with E-state index in [9.17, 15) is 4.79 Å². The summed E-state index contributed by atoms with van der Waals surface area (Å²) in [6.45, 7) is 4.77. The molecule has 0 saturated heterocycles. The molecule has 4 heteroatoms. The lowest BCUT2D eigenvalue weighted by Gasteiger charge is -2.15. The molecular formula is C15H18O4. The van der Waals surface area contributed by atoms with Crippen LogP contribution in [-0.2, 0) is 9.47 Å². The third-order valence-corrected chi connectivity index (χ3v) is 2.76. The molecule has 0 aliphatic rings. The van der Waals surface area contributed by atoms with Gasteiger partial charge in [0.1, 0.15) is 5.58 Å². The average Bonchev–Trinajstić information content (AvgIpc) is 2.83. The summed E-state index contributed by atoms with van der Waals surface area (Å²) < 4.78 is 16.3. The Morgan fingerprint density at radius 2 is 1.89 bits per heavy atom. The first-order chi connectivity index (χ1) is 9.24. The fraction of sp³-hybridized carbons (Fsp3) is 0.400. The summed E-state index contributed by atoms with van der Waals surface area (Å²) in [5, 5.41) is 0.926. The Bertz CT molecular complexity index is 505. The van der Waals surface area contributed by atoms with E-state index in [1.807, 2.05) is 38.1 Å². The van der Waals surface area contributed by atoms with Crippen LogP contribution in [0.25, 0.3) is 11.0 Å². The molecule has 0 bridgehead atoms. The van der Waals surface area contributed by atoms with E-state index in [0.717, 1.165) is 11.0 Å². The number of Topliss-reactive ketones (excluding diaryl/α,β-unsaturated/α-hetero) is 1. The Kier molecular flexibility index (Phi) is 4.71. The lowest BCUT2D eigenvalue weighted by Crippen LogP contribution is -2.21. The lowest BCUT2D eigenvalue weighted by atomic mass is 10.2. The Labute approximate surface area is 112 Å². The molecule has 0 fully saturated rings. The van der Waals surface area contributed by atoms with Crippen molar-refractivity contribution in [2.75, 3.05) is 13.2 Å². The number of benzene rings is 1. The molecule has 0 saturated carbocycles. The zero-order chi connectivity index (χ0) is 13.7. The number of ether oxygens (including phenoxy) is 2. The van der Waals surface area contributed by atoms with Gasteiger partial charge in [-0.05, 0) is 26.0 Å². The normalized spacial score (nSPS) is 11.3. The molecule has 0 N–H and O–H groups in total. The molecule has 1 aromatic heterocycles. The number of rotatable bonds is 7. The number of hydrogen-bond donors (Lipinski definition) is 0. The fourth-order valence-corrected chi connectivity index (χ4v) is 1.91. The van der Waals surface area contributed by atoms with Crippen LogP contribution in [0.5, 0.6) is 0 Å². The first-order valence-corrected chi connectivity index (χ1v) is 6.49. The maximum absolute atomic E-state index is 12.1.